The minimum absolute atomic E-state index is 0.110. The average Bonchev–Trinajstić information content (AvgIpc) is 3.45. The quantitative estimate of drug-likeness (QED) is 0.219. The lowest BCUT2D eigenvalue weighted by Crippen LogP contribution is -2.24. The fourth-order valence-electron chi connectivity index (χ4n) is 5.12. The predicted molar refractivity (Wildman–Crippen MR) is 158 cm³/mol. The molecule has 0 atom stereocenters. The van der Waals surface area contributed by atoms with Crippen molar-refractivity contribution in [2.45, 2.75) is 39.0 Å². The van der Waals surface area contributed by atoms with Gasteiger partial charge in [-0.3, -0.25) is 14.2 Å². The van der Waals surface area contributed by atoms with Crippen LogP contribution in [-0.4, -0.2) is 25.5 Å². The lowest BCUT2D eigenvalue weighted by molar-refractivity contribution is -0.117. The van der Waals surface area contributed by atoms with Crippen molar-refractivity contribution in [3.63, 3.8) is 0 Å². The second-order valence-electron chi connectivity index (χ2n) is 10.4. The molecular weight excluding hydrogens is 535 g/mol. The van der Waals surface area contributed by atoms with E-state index in [2.05, 4.69) is 10.1 Å². The van der Waals surface area contributed by atoms with E-state index in [1.54, 1.807) is 43.3 Å². The maximum Gasteiger partial charge on any atom is 0.265 e. The summed E-state index contributed by atoms with van der Waals surface area (Å²) in [6.07, 6.45) is 2.53. The van der Waals surface area contributed by atoms with Crippen molar-refractivity contribution in [2.24, 2.45) is 0 Å². The number of ketones is 1. The number of H-pyrrole nitrogens is 1. The molecule has 0 unspecified atom stereocenters. The summed E-state index contributed by atoms with van der Waals surface area (Å²) in [4.78, 5) is 45.4. The van der Waals surface area contributed by atoms with Crippen LogP contribution in [0.1, 0.15) is 43.3 Å². The maximum atomic E-state index is 13.7. The summed E-state index contributed by atoms with van der Waals surface area (Å²) in [7, 11) is 0. The summed E-state index contributed by atoms with van der Waals surface area (Å²) in [6.45, 7) is 1.55. The van der Waals surface area contributed by atoms with Gasteiger partial charge in [0.2, 0.25) is 0 Å². The number of benzene rings is 3. The fraction of sp³-hybridized carbons (Fsp3) is 0.182. The number of aromatic amines is 1. The molecule has 3 heterocycles. The molecule has 0 bridgehead atoms. The number of hydrogen-bond acceptors (Lipinski definition) is 6. The SMILES string of the molecule is CC(=O)CCCCc1nc2cc(-c3cc(Cc4cc5ccccc5[nH]c4=O)on3)ccc2c(=O)n1-c1ccc(F)cc1. The molecular formula is C33H27FN4O4. The lowest BCUT2D eigenvalue weighted by Gasteiger charge is -2.14. The second kappa shape index (κ2) is 11.4. The second-order valence-corrected chi connectivity index (χ2v) is 10.4. The van der Waals surface area contributed by atoms with E-state index in [1.165, 1.54) is 16.7 Å². The van der Waals surface area contributed by atoms with Crippen LogP contribution in [0.25, 0.3) is 38.8 Å². The number of hydrogen-bond donors (Lipinski definition) is 1. The minimum Gasteiger partial charge on any atom is -0.360 e. The van der Waals surface area contributed by atoms with Gasteiger partial charge in [0.1, 0.15) is 28.9 Å². The molecule has 6 aromatic rings. The van der Waals surface area contributed by atoms with Gasteiger partial charge < -0.3 is 14.3 Å². The number of pyridine rings is 1. The highest BCUT2D eigenvalue weighted by atomic mass is 19.1. The number of carbonyl (C=O) groups is 1. The van der Waals surface area contributed by atoms with E-state index >= 15 is 0 Å². The maximum absolute atomic E-state index is 13.7. The van der Waals surface area contributed by atoms with Gasteiger partial charge >= 0.3 is 0 Å². The Kier molecular flexibility index (Phi) is 7.31. The molecule has 0 aliphatic heterocycles. The zero-order valence-electron chi connectivity index (χ0n) is 22.9. The lowest BCUT2D eigenvalue weighted by atomic mass is 10.1. The van der Waals surface area contributed by atoms with Crippen LogP contribution in [0.15, 0.2) is 93.0 Å². The molecule has 0 saturated heterocycles. The molecule has 3 aromatic heterocycles. The molecule has 3 aromatic carbocycles. The van der Waals surface area contributed by atoms with Gasteiger partial charge in [0, 0.05) is 42.0 Å². The summed E-state index contributed by atoms with van der Waals surface area (Å²) in [5.41, 5.74) is 3.15. The monoisotopic (exact) mass is 562 g/mol. The number of Topliss-reactive ketones (excluding diaryl/α,β-unsaturated/α-hetero) is 1. The minimum atomic E-state index is -0.398. The van der Waals surface area contributed by atoms with Crippen molar-refractivity contribution in [1.82, 2.24) is 19.7 Å². The van der Waals surface area contributed by atoms with E-state index in [4.69, 9.17) is 9.51 Å². The van der Waals surface area contributed by atoms with Gasteiger partial charge in [-0.05, 0) is 73.7 Å². The Morgan fingerprint density at radius 3 is 2.60 bits per heavy atom. The van der Waals surface area contributed by atoms with Gasteiger partial charge in [0.25, 0.3) is 11.1 Å². The van der Waals surface area contributed by atoms with Crippen LogP contribution in [-0.2, 0) is 17.6 Å². The molecule has 9 heteroatoms. The van der Waals surface area contributed by atoms with E-state index in [-0.39, 0.29) is 23.3 Å². The van der Waals surface area contributed by atoms with Crippen LogP contribution in [0.5, 0.6) is 0 Å². The average molecular weight is 563 g/mol. The predicted octanol–water partition coefficient (Wildman–Crippen LogP) is 5.91. The number of nitrogens with one attached hydrogen (secondary N) is 1. The van der Waals surface area contributed by atoms with Crippen LogP contribution in [0.2, 0.25) is 0 Å². The summed E-state index contributed by atoms with van der Waals surface area (Å²) in [5.74, 6) is 0.762. The highest BCUT2D eigenvalue weighted by Crippen LogP contribution is 2.25. The number of aromatic nitrogens is 4. The number of carbonyl (C=O) groups excluding carboxylic acids is 1. The molecule has 0 spiro atoms. The van der Waals surface area contributed by atoms with Gasteiger partial charge in [0.05, 0.1) is 16.6 Å². The van der Waals surface area contributed by atoms with Gasteiger partial charge in [0.15, 0.2) is 0 Å². The van der Waals surface area contributed by atoms with Crippen molar-refractivity contribution >= 4 is 27.6 Å². The first-order valence-corrected chi connectivity index (χ1v) is 13.7. The van der Waals surface area contributed by atoms with Crippen LogP contribution >= 0.6 is 0 Å². The summed E-state index contributed by atoms with van der Waals surface area (Å²) < 4.78 is 20.7. The van der Waals surface area contributed by atoms with E-state index in [0.717, 1.165) is 10.9 Å². The number of nitrogens with zero attached hydrogens (tertiary/aromatic N) is 3. The molecule has 1 N–H and O–H groups in total. The first kappa shape index (κ1) is 27.0. The van der Waals surface area contributed by atoms with Gasteiger partial charge in [-0.2, -0.15) is 0 Å². The standard InChI is InChI=1S/C33H27FN4O4/c1-20(39)6-2-5-9-31-35-30-18-22(10-15-27(30)33(41)38(31)25-13-11-24(34)12-14-25)29-19-26(42-37-29)17-23-16-21-7-3-4-8-28(21)36-32(23)40/h3-4,7-8,10-16,18-19H,2,5-6,9,17H2,1H3,(H,36,40). The first-order valence-electron chi connectivity index (χ1n) is 13.7. The normalized spacial score (nSPS) is 11.4. The smallest absolute Gasteiger partial charge is 0.265 e. The zero-order chi connectivity index (χ0) is 29.2. The first-order chi connectivity index (χ1) is 20.4. The van der Waals surface area contributed by atoms with Crippen molar-refractivity contribution < 1.29 is 13.7 Å². The topological polar surface area (TPSA) is 111 Å². The van der Waals surface area contributed by atoms with Crippen LogP contribution in [0, 0.1) is 5.82 Å². The van der Waals surface area contributed by atoms with E-state index in [0.29, 0.717) is 70.7 Å². The summed E-state index contributed by atoms with van der Waals surface area (Å²) in [5, 5.41) is 5.54. The Hall–Kier alpha value is -5.18. The third-order valence-electron chi connectivity index (χ3n) is 7.25. The molecule has 6 rings (SSSR count). The largest absolute Gasteiger partial charge is 0.360 e. The summed E-state index contributed by atoms with van der Waals surface area (Å²) >= 11 is 0. The third kappa shape index (κ3) is 5.54. The number of aryl methyl sites for hydroxylation is 1. The van der Waals surface area contributed by atoms with E-state index < -0.39 is 5.82 Å². The molecule has 8 nitrogen and oxygen atoms in total. The van der Waals surface area contributed by atoms with Crippen LogP contribution in [0.4, 0.5) is 4.39 Å². The van der Waals surface area contributed by atoms with E-state index in [1.807, 2.05) is 30.3 Å². The third-order valence-corrected chi connectivity index (χ3v) is 7.25. The zero-order valence-corrected chi connectivity index (χ0v) is 22.9. The molecule has 0 fully saturated rings. The Balaban J connectivity index is 1.34. The van der Waals surface area contributed by atoms with E-state index in [9.17, 15) is 18.8 Å². The molecule has 42 heavy (non-hydrogen) atoms. The molecule has 0 amide bonds. The number of unbranched alkanes of at least 4 members (excludes halogenated alkanes) is 1. The number of rotatable bonds is 9. The van der Waals surface area contributed by atoms with Crippen LogP contribution < -0.4 is 11.1 Å². The van der Waals surface area contributed by atoms with Gasteiger partial charge in [-0.25, -0.2) is 9.37 Å². The Bertz CT molecular complexity index is 2060. The fourth-order valence-corrected chi connectivity index (χ4v) is 5.12. The molecule has 210 valence electrons. The molecule has 0 saturated carbocycles. The highest BCUT2D eigenvalue weighted by Gasteiger charge is 2.16. The highest BCUT2D eigenvalue weighted by molar-refractivity contribution is 5.83. The Morgan fingerprint density at radius 1 is 0.976 bits per heavy atom. The number of para-hydroxylation sites is 1. The number of fused-ring (bicyclic) bond motifs is 2. The molecule has 0 aliphatic rings. The van der Waals surface area contributed by atoms with Crippen molar-refractivity contribution in [3.8, 4) is 16.9 Å². The van der Waals surface area contributed by atoms with Crippen molar-refractivity contribution in [2.75, 3.05) is 0 Å². The molecule has 0 radical (unpaired) electrons. The number of halogens is 1. The summed E-state index contributed by atoms with van der Waals surface area (Å²) in [6, 6.07) is 22.2. The molecule has 0 aliphatic carbocycles. The van der Waals surface area contributed by atoms with Crippen molar-refractivity contribution in [1.29, 1.82) is 0 Å². The van der Waals surface area contributed by atoms with Gasteiger partial charge in [-0.1, -0.05) is 29.4 Å². The van der Waals surface area contributed by atoms with Crippen molar-refractivity contribution in [3.05, 3.63) is 123 Å². The Labute approximate surface area is 239 Å². The van der Waals surface area contributed by atoms with Gasteiger partial charge in [-0.15, -0.1) is 0 Å². The Morgan fingerprint density at radius 2 is 1.79 bits per heavy atom. The van der Waals surface area contributed by atoms with Crippen LogP contribution in [0.3, 0.4) is 0 Å².